The smallest absolute Gasteiger partial charge is 0.134 e. The van der Waals surface area contributed by atoms with Crippen LogP contribution in [0.5, 0.6) is 5.75 Å². The molecule has 0 aliphatic carbocycles. The van der Waals surface area contributed by atoms with Gasteiger partial charge in [0.25, 0.3) is 0 Å². The summed E-state index contributed by atoms with van der Waals surface area (Å²) < 4.78 is 0. The Bertz CT molecular complexity index is 572. The van der Waals surface area contributed by atoms with Crippen molar-refractivity contribution in [1.82, 2.24) is 0 Å². The summed E-state index contributed by atoms with van der Waals surface area (Å²) in [4.78, 5) is 2.67. The summed E-state index contributed by atoms with van der Waals surface area (Å²) in [6, 6.07) is 9.49. The molecule has 0 unspecified atom stereocenters. The van der Waals surface area contributed by atoms with Gasteiger partial charge in [-0.05, 0) is 35.7 Å². The van der Waals surface area contributed by atoms with Crippen LogP contribution in [0.2, 0.25) is 5.02 Å². The molecule has 2 aromatic rings. The minimum absolute atomic E-state index is 0.110. The van der Waals surface area contributed by atoms with Crippen molar-refractivity contribution in [2.24, 2.45) is 0 Å². The zero-order valence-electron chi connectivity index (χ0n) is 11.3. The summed E-state index contributed by atoms with van der Waals surface area (Å²) in [5.74, 6) is 0.110. The van der Waals surface area contributed by atoms with E-state index in [1.165, 1.54) is 9.75 Å². The number of thiophene rings is 1. The SMILES string of the molecule is CC(C)(C)c1ccc(CNc2ccc(O)c(Cl)c2)s1. The van der Waals surface area contributed by atoms with E-state index in [2.05, 4.69) is 38.2 Å². The van der Waals surface area contributed by atoms with Crippen LogP contribution in [0.4, 0.5) is 5.69 Å². The van der Waals surface area contributed by atoms with Crippen LogP contribution in [-0.4, -0.2) is 5.11 Å². The maximum atomic E-state index is 9.36. The van der Waals surface area contributed by atoms with E-state index >= 15 is 0 Å². The predicted molar refractivity (Wildman–Crippen MR) is 83.5 cm³/mol. The Balaban J connectivity index is 2.02. The number of phenolic OH excluding ortho intramolecular Hbond substituents is 1. The van der Waals surface area contributed by atoms with Crippen LogP contribution in [-0.2, 0) is 12.0 Å². The number of hydrogen-bond acceptors (Lipinski definition) is 3. The molecule has 102 valence electrons. The Labute approximate surface area is 123 Å². The number of phenols is 1. The van der Waals surface area contributed by atoms with Crippen LogP contribution in [0.15, 0.2) is 30.3 Å². The second-order valence-electron chi connectivity index (χ2n) is 5.54. The third-order valence-electron chi connectivity index (χ3n) is 2.82. The number of rotatable bonds is 3. The molecule has 0 saturated carbocycles. The van der Waals surface area contributed by atoms with Crippen LogP contribution in [0.25, 0.3) is 0 Å². The van der Waals surface area contributed by atoms with Crippen molar-refractivity contribution in [2.45, 2.75) is 32.7 Å². The quantitative estimate of drug-likeness (QED) is 0.780. The molecule has 2 rings (SSSR count). The largest absolute Gasteiger partial charge is 0.506 e. The highest BCUT2D eigenvalue weighted by Crippen LogP contribution is 2.30. The van der Waals surface area contributed by atoms with E-state index in [-0.39, 0.29) is 11.2 Å². The number of nitrogens with one attached hydrogen (secondary N) is 1. The average molecular weight is 296 g/mol. The van der Waals surface area contributed by atoms with E-state index in [4.69, 9.17) is 11.6 Å². The van der Waals surface area contributed by atoms with Gasteiger partial charge in [-0.3, -0.25) is 0 Å². The zero-order chi connectivity index (χ0) is 14.0. The third kappa shape index (κ3) is 3.64. The molecule has 0 radical (unpaired) electrons. The molecule has 0 aliphatic heterocycles. The van der Waals surface area contributed by atoms with Crippen molar-refractivity contribution in [1.29, 1.82) is 0 Å². The summed E-state index contributed by atoms with van der Waals surface area (Å²) in [5.41, 5.74) is 1.11. The molecular weight excluding hydrogens is 278 g/mol. The second-order valence-corrected chi connectivity index (χ2v) is 7.11. The van der Waals surface area contributed by atoms with Crippen molar-refractivity contribution < 1.29 is 5.11 Å². The van der Waals surface area contributed by atoms with Gasteiger partial charge in [0.1, 0.15) is 5.75 Å². The van der Waals surface area contributed by atoms with E-state index in [1.54, 1.807) is 12.1 Å². The fourth-order valence-corrected chi connectivity index (χ4v) is 2.87. The van der Waals surface area contributed by atoms with E-state index in [1.807, 2.05) is 17.4 Å². The summed E-state index contributed by atoms with van der Waals surface area (Å²) in [6.45, 7) is 7.42. The molecule has 2 nitrogen and oxygen atoms in total. The highest BCUT2D eigenvalue weighted by atomic mass is 35.5. The first-order chi connectivity index (χ1) is 8.86. The van der Waals surface area contributed by atoms with E-state index < -0.39 is 0 Å². The van der Waals surface area contributed by atoms with Crippen molar-refractivity contribution >= 4 is 28.6 Å². The Morgan fingerprint density at radius 2 is 1.95 bits per heavy atom. The first-order valence-corrected chi connectivity index (χ1v) is 7.37. The van der Waals surface area contributed by atoms with Gasteiger partial charge < -0.3 is 10.4 Å². The van der Waals surface area contributed by atoms with Crippen LogP contribution >= 0.6 is 22.9 Å². The summed E-state index contributed by atoms with van der Waals surface area (Å²) in [5, 5.41) is 13.0. The lowest BCUT2D eigenvalue weighted by molar-refractivity contribution is 0.475. The molecular formula is C15H18ClNOS. The first-order valence-electron chi connectivity index (χ1n) is 6.18. The number of aromatic hydroxyl groups is 1. The molecule has 0 fully saturated rings. The molecule has 0 amide bonds. The predicted octanol–water partition coefficient (Wildman–Crippen LogP) is 5.02. The molecule has 0 atom stereocenters. The van der Waals surface area contributed by atoms with Crippen LogP contribution in [0.1, 0.15) is 30.5 Å². The molecule has 1 aromatic heterocycles. The molecule has 0 bridgehead atoms. The normalized spacial score (nSPS) is 11.6. The molecule has 0 spiro atoms. The minimum atomic E-state index is 0.110. The zero-order valence-corrected chi connectivity index (χ0v) is 12.9. The molecule has 0 aliphatic rings. The Morgan fingerprint density at radius 3 is 2.53 bits per heavy atom. The molecule has 1 aromatic carbocycles. The highest BCUT2D eigenvalue weighted by molar-refractivity contribution is 7.12. The van der Waals surface area contributed by atoms with Gasteiger partial charge in [-0.1, -0.05) is 32.4 Å². The first kappa shape index (κ1) is 14.2. The van der Waals surface area contributed by atoms with E-state index in [0.29, 0.717) is 5.02 Å². The van der Waals surface area contributed by atoms with Crippen LogP contribution < -0.4 is 5.32 Å². The lowest BCUT2D eigenvalue weighted by atomic mass is 9.95. The lowest BCUT2D eigenvalue weighted by Crippen LogP contribution is -2.07. The minimum Gasteiger partial charge on any atom is -0.506 e. The van der Waals surface area contributed by atoms with Crippen molar-refractivity contribution in [2.75, 3.05) is 5.32 Å². The van der Waals surface area contributed by atoms with E-state index in [0.717, 1.165) is 12.2 Å². The summed E-state index contributed by atoms with van der Waals surface area (Å²) in [7, 11) is 0. The molecule has 1 heterocycles. The number of anilines is 1. The van der Waals surface area contributed by atoms with Gasteiger partial charge in [0, 0.05) is 22.0 Å². The van der Waals surface area contributed by atoms with Gasteiger partial charge in [-0.15, -0.1) is 11.3 Å². The van der Waals surface area contributed by atoms with E-state index in [9.17, 15) is 5.11 Å². The molecule has 19 heavy (non-hydrogen) atoms. The molecule has 0 saturated heterocycles. The highest BCUT2D eigenvalue weighted by Gasteiger charge is 2.15. The third-order valence-corrected chi connectivity index (χ3v) is 4.63. The Hall–Kier alpha value is -1.19. The molecule has 2 N–H and O–H groups in total. The number of halogens is 1. The topological polar surface area (TPSA) is 32.3 Å². The number of hydrogen-bond donors (Lipinski definition) is 2. The van der Waals surface area contributed by atoms with Gasteiger partial charge in [-0.25, -0.2) is 0 Å². The van der Waals surface area contributed by atoms with Crippen LogP contribution in [0.3, 0.4) is 0 Å². The maximum absolute atomic E-state index is 9.36. The summed E-state index contributed by atoms with van der Waals surface area (Å²) in [6.07, 6.45) is 0. The average Bonchev–Trinajstić information content (AvgIpc) is 2.79. The fraction of sp³-hybridized carbons (Fsp3) is 0.333. The fourth-order valence-electron chi connectivity index (χ4n) is 1.68. The standard InChI is InChI=1S/C15H18ClNOS/c1-15(2,3)14-7-5-11(19-14)9-17-10-4-6-13(18)12(16)8-10/h4-8,17-18H,9H2,1-3H3. The van der Waals surface area contributed by atoms with Gasteiger partial charge in [0.15, 0.2) is 0 Å². The van der Waals surface area contributed by atoms with Gasteiger partial charge in [-0.2, -0.15) is 0 Å². The Kier molecular flexibility index (Phi) is 4.07. The van der Waals surface area contributed by atoms with Crippen molar-refractivity contribution in [3.05, 3.63) is 45.1 Å². The summed E-state index contributed by atoms with van der Waals surface area (Å²) >= 11 is 7.69. The van der Waals surface area contributed by atoms with Crippen molar-refractivity contribution in [3.8, 4) is 5.75 Å². The Morgan fingerprint density at radius 1 is 1.21 bits per heavy atom. The monoisotopic (exact) mass is 295 g/mol. The van der Waals surface area contributed by atoms with Crippen LogP contribution in [0, 0.1) is 0 Å². The van der Waals surface area contributed by atoms with Gasteiger partial charge in [0.2, 0.25) is 0 Å². The maximum Gasteiger partial charge on any atom is 0.134 e. The lowest BCUT2D eigenvalue weighted by Gasteiger charge is -2.15. The van der Waals surface area contributed by atoms with Crippen molar-refractivity contribution in [3.63, 3.8) is 0 Å². The van der Waals surface area contributed by atoms with Gasteiger partial charge >= 0.3 is 0 Å². The van der Waals surface area contributed by atoms with Gasteiger partial charge in [0.05, 0.1) is 5.02 Å². The second kappa shape index (κ2) is 5.43. The molecule has 4 heteroatoms. The number of benzene rings is 1.